The topological polar surface area (TPSA) is 54.5 Å². The number of likely N-dealkylation sites (tertiary alicyclic amines) is 1. The van der Waals surface area contributed by atoms with Crippen molar-refractivity contribution in [2.75, 3.05) is 13.1 Å². The number of amides is 1. The van der Waals surface area contributed by atoms with E-state index in [-0.39, 0.29) is 12.1 Å². The number of hydrogen-bond donors (Lipinski definition) is 1. The first-order valence-corrected chi connectivity index (χ1v) is 8.44. The fourth-order valence-electron chi connectivity index (χ4n) is 2.68. The molecule has 1 fully saturated rings. The van der Waals surface area contributed by atoms with Crippen LogP contribution in [0.2, 0.25) is 5.15 Å². The Balaban J connectivity index is 1.79. The van der Waals surface area contributed by atoms with Crippen LogP contribution < -0.4 is 5.32 Å². The fraction of sp³-hybridized carbons (Fsp3) is 0.647. The van der Waals surface area contributed by atoms with Crippen molar-refractivity contribution < 1.29 is 9.53 Å². The van der Waals surface area contributed by atoms with E-state index in [1.165, 1.54) is 5.56 Å². The summed E-state index contributed by atoms with van der Waals surface area (Å²) < 4.78 is 5.31. The number of hydrogen-bond acceptors (Lipinski definition) is 4. The van der Waals surface area contributed by atoms with Crippen LogP contribution in [0, 0.1) is 6.92 Å². The Kier molecular flexibility index (Phi) is 5.87. The Morgan fingerprint density at radius 2 is 2.04 bits per heavy atom. The van der Waals surface area contributed by atoms with Gasteiger partial charge in [-0.1, -0.05) is 17.7 Å². The van der Waals surface area contributed by atoms with Crippen molar-refractivity contribution in [3.8, 4) is 0 Å². The SMILES string of the molecule is Cc1nc(Cl)ccc1CN1CCC(NC(=O)OC(C)(C)C)CC1. The smallest absolute Gasteiger partial charge is 0.407 e. The van der Waals surface area contributed by atoms with E-state index in [0.29, 0.717) is 5.15 Å². The highest BCUT2D eigenvalue weighted by Gasteiger charge is 2.23. The van der Waals surface area contributed by atoms with Gasteiger partial charge in [-0.2, -0.15) is 0 Å². The Morgan fingerprint density at radius 1 is 1.39 bits per heavy atom. The first-order valence-electron chi connectivity index (χ1n) is 8.07. The Bertz CT molecular complexity index is 549. The number of nitrogens with one attached hydrogen (secondary N) is 1. The van der Waals surface area contributed by atoms with Crippen molar-refractivity contribution in [2.24, 2.45) is 0 Å². The minimum Gasteiger partial charge on any atom is -0.444 e. The zero-order valence-electron chi connectivity index (χ0n) is 14.4. The maximum Gasteiger partial charge on any atom is 0.407 e. The van der Waals surface area contributed by atoms with Crippen LogP contribution in [0.15, 0.2) is 12.1 Å². The quantitative estimate of drug-likeness (QED) is 0.856. The molecule has 5 nitrogen and oxygen atoms in total. The van der Waals surface area contributed by atoms with Gasteiger partial charge in [0.1, 0.15) is 10.8 Å². The van der Waals surface area contributed by atoms with Crippen molar-refractivity contribution in [3.63, 3.8) is 0 Å². The summed E-state index contributed by atoms with van der Waals surface area (Å²) in [6.07, 6.45) is 1.53. The second-order valence-corrected chi connectivity index (χ2v) is 7.46. The molecule has 0 bridgehead atoms. The molecule has 0 aromatic carbocycles. The molecule has 1 saturated heterocycles. The third-order valence-corrected chi connectivity index (χ3v) is 4.07. The maximum absolute atomic E-state index is 11.8. The molecule has 1 aromatic rings. The number of pyridine rings is 1. The lowest BCUT2D eigenvalue weighted by Gasteiger charge is -2.33. The molecule has 128 valence electrons. The minimum absolute atomic E-state index is 0.186. The van der Waals surface area contributed by atoms with Gasteiger partial charge in [0.05, 0.1) is 0 Å². The molecular formula is C17H26ClN3O2. The van der Waals surface area contributed by atoms with Crippen LogP contribution in [0.5, 0.6) is 0 Å². The molecule has 2 heterocycles. The summed E-state index contributed by atoms with van der Waals surface area (Å²) in [6, 6.07) is 4.06. The zero-order chi connectivity index (χ0) is 17.0. The molecule has 0 saturated carbocycles. The fourth-order valence-corrected chi connectivity index (χ4v) is 2.87. The summed E-state index contributed by atoms with van der Waals surface area (Å²) in [5.41, 5.74) is 1.73. The molecule has 0 atom stereocenters. The van der Waals surface area contributed by atoms with Crippen molar-refractivity contribution >= 4 is 17.7 Å². The predicted molar refractivity (Wildman–Crippen MR) is 91.7 cm³/mol. The number of carbonyl (C=O) groups excluding carboxylic acids is 1. The average Bonchev–Trinajstić information content (AvgIpc) is 2.42. The highest BCUT2D eigenvalue weighted by molar-refractivity contribution is 6.29. The lowest BCUT2D eigenvalue weighted by Crippen LogP contribution is -2.45. The van der Waals surface area contributed by atoms with Gasteiger partial charge in [0.2, 0.25) is 0 Å². The number of piperidine rings is 1. The molecule has 0 spiro atoms. The molecule has 0 radical (unpaired) electrons. The van der Waals surface area contributed by atoms with E-state index >= 15 is 0 Å². The van der Waals surface area contributed by atoms with Crippen molar-refractivity contribution in [3.05, 3.63) is 28.5 Å². The Labute approximate surface area is 143 Å². The second kappa shape index (κ2) is 7.49. The highest BCUT2D eigenvalue weighted by atomic mass is 35.5. The Hall–Kier alpha value is -1.33. The molecule has 23 heavy (non-hydrogen) atoms. The van der Waals surface area contributed by atoms with Crippen LogP contribution in [0.4, 0.5) is 4.79 Å². The molecule has 1 aliphatic rings. The van der Waals surface area contributed by atoms with E-state index in [0.717, 1.165) is 38.2 Å². The molecule has 1 amide bonds. The van der Waals surface area contributed by atoms with Gasteiger partial charge >= 0.3 is 6.09 Å². The Morgan fingerprint density at radius 3 is 2.61 bits per heavy atom. The number of aryl methyl sites for hydroxylation is 1. The molecule has 1 aliphatic heterocycles. The molecule has 0 aliphatic carbocycles. The van der Waals surface area contributed by atoms with Crippen LogP contribution in [0.25, 0.3) is 0 Å². The number of carbonyl (C=O) groups is 1. The van der Waals surface area contributed by atoms with E-state index in [2.05, 4.69) is 15.2 Å². The number of aromatic nitrogens is 1. The van der Waals surface area contributed by atoms with Gasteiger partial charge in [-0.3, -0.25) is 4.90 Å². The summed E-state index contributed by atoms with van der Waals surface area (Å²) in [6.45, 7) is 10.4. The van der Waals surface area contributed by atoms with Crippen LogP contribution >= 0.6 is 11.6 Å². The van der Waals surface area contributed by atoms with Crippen molar-refractivity contribution in [2.45, 2.75) is 58.7 Å². The maximum atomic E-state index is 11.8. The number of halogens is 1. The van der Waals surface area contributed by atoms with Gasteiger partial charge in [0, 0.05) is 31.4 Å². The third-order valence-electron chi connectivity index (χ3n) is 3.86. The highest BCUT2D eigenvalue weighted by Crippen LogP contribution is 2.17. The second-order valence-electron chi connectivity index (χ2n) is 7.08. The molecule has 1 N–H and O–H groups in total. The summed E-state index contributed by atoms with van der Waals surface area (Å²) in [5.74, 6) is 0. The molecule has 6 heteroatoms. The average molecular weight is 340 g/mol. The minimum atomic E-state index is -0.454. The van der Waals surface area contributed by atoms with E-state index in [9.17, 15) is 4.79 Å². The number of nitrogens with zero attached hydrogens (tertiary/aromatic N) is 2. The van der Waals surface area contributed by atoms with E-state index in [1.54, 1.807) is 0 Å². The van der Waals surface area contributed by atoms with Gasteiger partial charge < -0.3 is 10.1 Å². The lowest BCUT2D eigenvalue weighted by molar-refractivity contribution is 0.0477. The number of rotatable bonds is 3. The van der Waals surface area contributed by atoms with Gasteiger partial charge in [0.15, 0.2) is 0 Å². The van der Waals surface area contributed by atoms with Gasteiger partial charge in [-0.15, -0.1) is 0 Å². The lowest BCUT2D eigenvalue weighted by atomic mass is 10.0. The molecule has 2 rings (SSSR count). The van der Waals surface area contributed by atoms with E-state index < -0.39 is 5.60 Å². The van der Waals surface area contributed by atoms with Gasteiger partial charge in [-0.25, -0.2) is 9.78 Å². The third kappa shape index (κ3) is 5.99. The zero-order valence-corrected chi connectivity index (χ0v) is 15.1. The van der Waals surface area contributed by atoms with Gasteiger partial charge in [-0.05, 0) is 52.2 Å². The normalized spacial score (nSPS) is 17.1. The first kappa shape index (κ1) is 18.0. The standard InChI is InChI=1S/C17H26ClN3O2/c1-12-13(5-6-15(18)19-12)11-21-9-7-14(8-10-21)20-16(22)23-17(2,3)4/h5-6,14H,7-11H2,1-4H3,(H,20,22). The summed E-state index contributed by atoms with van der Waals surface area (Å²) in [4.78, 5) is 18.5. The van der Waals surface area contributed by atoms with E-state index in [4.69, 9.17) is 16.3 Å². The van der Waals surface area contributed by atoms with Crippen LogP contribution in [0.3, 0.4) is 0 Å². The largest absolute Gasteiger partial charge is 0.444 e. The number of ether oxygens (including phenoxy) is 1. The van der Waals surface area contributed by atoms with Crippen LogP contribution in [0.1, 0.15) is 44.9 Å². The predicted octanol–water partition coefficient (Wildman–Crippen LogP) is 3.53. The van der Waals surface area contributed by atoms with Crippen molar-refractivity contribution in [1.29, 1.82) is 0 Å². The molecular weight excluding hydrogens is 314 g/mol. The first-order chi connectivity index (χ1) is 10.7. The van der Waals surface area contributed by atoms with E-state index in [1.807, 2.05) is 39.8 Å². The summed E-state index contributed by atoms with van der Waals surface area (Å²) >= 11 is 5.90. The summed E-state index contributed by atoms with van der Waals surface area (Å²) in [7, 11) is 0. The van der Waals surface area contributed by atoms with Crippen LogP contribution in [-0.2, 0) is 11.3 Å². The van der Waals surface area contributed by atoms with Crippen molar-refractivity contribution in [1.82, 2.24) is 15.2 Å². The van der Waals surface area contributed by atoms with Crippen LogP contribution in [-0.4, -0.2) is 40.7 Å². The monoisotopic (exact) mass is 339 g/mol. The number of alkyl carbamates (subject to hydrolysis) is 1. The molecule has 0 unspecified atom stereocenters. The summed E-state index contributed by atoms with van der Waals surface area (Å²) in [5, 5.41) is 3.49. The van der Waals surface area contributed by atoms with Gasteiger partial charge in [0.25, 0.3) is 0 Å². The molecule has 1 aromatic heterocycles.